The van der Waals surface area contributed by atoms with Crippen LogP contribution in [0.2, 0.25) is 0 Å². The summed E-state index contributed by atoms with van der Waals surface area (Å²) in [6, 6.07) is 10.0. The number of nitrogens with zero attached hydrogens (tertiary/aromatic N) is 6. The van der Waals surface area contributed by atoms with Crippen LogP contribution in [0.15, 0.2) is 42.7 Å². The van der Waals surface area contributed by atoms with E-state index < -0.39 is 0 Å². The highest BCUT2D eigenvalue weighted by atomic mass is 16.5. The first kappa shape index (κ1) is 18.2. The molecular formula is C20H23N7O. The number of anilines is 2. The van der Waals surface area contributed by atoms with Crippen LogP contribution in [-0.4, -0.2) is 44.3 Å². The average Bonchev–Trinajstić information content (AvgIpc) is 3.16. The SMILES string of the molecule is COc1cccc(-c2ccc(N(c3ncc(C)nn3)[C@H]3CC[C@H](N)C3)nc2)n1. The van der Waals surface area contributed by atoms with Crippen LogP contribution in [0.1, 0.15) is 25.0 Å². The summed E-state index contributed by atoms with van der Waals surface area (Å²) in [6.07, 6.45) is 6.35. The summed E-state index contributed by atoms with van der Waals surface area (Å²) in [5, 5.41) is 8.45. The van der Waals surface area contributed by atoms with E-state index in [9.17, 15) is 0 Å². The fraction of sp³-hybridized carbons (Fsp3) is 0.350. The molecule has 0 aliphatic heterocycles. The molecule has 0 bridgehead atoms. The molecule has 0 aromatic carbocycles. The molecule has 1 fully saturated rings. The predicted octanol–water partition coefficient (Wildman–Crippen LogP) is 2.66. The number of rotatable bonds is 5. The van der Waals surface area contributed by atoms with Gasteiger partial charge in [0.15, 0.2) is 0 Å². The molecule has 1 saturated carbocycles. The summed E-state index contributed by atoms with van der Waals surface area (Å²) in [6.45, 7) is 1.87. The summed E-state index contributed by atoms with van der Waals surface area (Å²) >= 11 is 0. The van der Waals surface area contributed by atoms with Crippen LogP contribution in [0, 0.1) is 6.92 Å². The number of methoxy groups -OCH3 is 1. The van der Waals surface area contributed by atoms with Gasteiger partial charge >= 0.3 is 0 Å². The second-order valence-electron chi connectivity index (χ2n) is 6.97. The van der Waals surface area contributed by atoms with Gasteiger partial charge in [-0.2, -0.15) is 5.10 Å². The highest BCUT2D eigenvalue weighted by Crippen LogP contribution is 2.32. The lowest BCUT2D eigenvalue weighted by atomic mass is 10.1. The van der Waals surface area contributed by atoms with Crippen molar-refractivity contribution in [3.8, 4) is 17.1 Å². The fourth-order valence-electron chi connectivity index (χ4n) is 3.49. The van der Waals surface area contributed by atoms with Gasteiger partial charge in [0, 0.05) is 29.9 Å². The van der Waals surface area contributed by atoms with Crippen molar-refractivity contribution in [2.45, 2.75) is 38.3 Å². The van der Waals surface area contributed by atoms with Crippen molar-refractivity contribution in [3.05, 3.63) is 48.4 Å². The number of hydrogen-bond donors (Lipinski definition) is 1. The van der Waals surface area contributed by atoms with Crippen molar-refractivity contribution in [1.29, 1.82) is 0 Å². The van der Waals surface area contributed by atoms with Gasteiger partial charge < -0.3 is 10.5 Å². The van der Waals surface area contributed by atoms with E-state index in [1.807, 2.05) is 42.2 Å². The van der Waals surface area contributed by atoms with Gasteiger partial charge in [0.2, 0.25) is 5.88 Å². The second kappa shape index (κ2) is 7.85. The van der Waals surface area contributed by atoms with Gasteiger partial charge in [-0.25, -0.2) is 15.0 Å². The molecule has 0 unspecified atom stereocenters. The molecule has 144 valence electrons. The first-order valence-corrected chi connectivity index (χ1v) is 9.32. The monoisotopic (exact) mass is 377 g/mol. The predicted molar refractivity (Wildman–Crippen MR) is 106 cm³/mol. The molecule has 0 radical (unpaired) electrons. The maximum absolute atomic E-state index is 6.15. The Morgan fingerprint density at radius 2 is 1.96 bits per heavy atom. The van der Waals surface area contributed by atoms with E-state index in [0.717, 1.165) is 42.0 Å². The van der Waals surface area contributed by atoms with Gasteiger partial charge in [0.25, 0.3) is 5.95 Å². The molecule has 2 N–H and O–H groups in total. The minimum Gasteiger partial charge on any atom is -0.481 e. The largest absolute Gasteiger partial charge is 0.481 e. The first-order chi connectivity index (χ1) is 13.6. The average molecular weight is 377 g/mol. The Morgan fingerprint density at radius 1 is 1.07 bits per heavy atom. The van der Waals surface area contributed by atoms with E-state index in [-0.39, 0.29) is 12.1 Å². The lowest BCUT2D eigenvalue weighted by molar-refractivity contribution is 0.398. The molecule has 3 aromatic rings. The van der Waals surface area contributed by atoms with Crippen LogP contribution in [0.4, 0.5) is 11.8 Å². The zero-order valence-electron chi connectivity index (χ0n) is 16.0. The number of ether oxygens (including phenoxy) is 1. The van der Waals surface area contributed by atoms with Crippen molar-refractivity contribution in [3.63, 3.8) is 0 Å². The van der Waals surface area contributed by atoms with E-state index in [1.54, 1.807) is 19.5 Å². The number of nitrogens with two attached hydrogens (primary N) is 1. The molecule has 8 heteroatoms. The smallest absolute Gasteiger partial charge is 0.251 e. The van der Waals surface area contributed by atoms with Crippen molar-refractivity contribution >= 4 is 11.8 Å². The Balaban J connectivity index is 1.67. The Bertz CT molecular complexity index is 930. The zero-order valence-corrected chi connectivity index (χ0v) is 16.0. The molecule has 0 amide bonds. The maximum atomic E-state index is 6.15. The highest BCUT2D eigenvalue weighted by Gasteiger charge is 2.31. The Morgan fingerprint density at radius 3 is 2.61 bits per heavy atom. The van der Waals surface area contributed by atoms with Gasteiger partial charge in [-0.15, -0.1) is 5.10 Å². The van der Waals surface area contributed by atoms with E-state index in [0.29, 0.717) is 11.8 Å². The molecule has 0 saturated heterocycles. The van der Waals surface area contributed by atoms with Crippen molar-refractivity contribution in [2.24, 2.45) is 5.73 Å². The summed E-state index contributed by atoms with van der Waals surface area (Å²) < 4.78 is 5.21. The maximum Gasteiger partial charge on any atom is 0.251 e. The van der Waals surface area contributed by atoms with Crippen molar-refractivity contribution in [2.75, 3.05) is 12.0 Å². The van der Waals surface area contributed by atoms with Crippen LogP contribution < -0.4 is 15.4 Å². The van der Waals surface area contributed by atoms with Crippen LogP contribution in [0.3, 0.4) is 0 Å². The van der Waals surface area contributed by atoms with Crippen LogP contribution >= 0.6 is 0 Å². The molecule has 3 aromatic heterocycles. The lowest BCUT2D eigenvalue weighted by Crippen LogP contribution is -2.32. The fourth-order valence-corrected chi connectivity index (χ4v) is 3.49. The first-order valence-electron chi connectivity index (χ1n) is 9.32. The minimum atomic E-state index is 0.186. The Kier molecular flexibility index (Phi) is 5.12. The van der Waals surface area contributed by atoms with E-state index in [4.69, 9.17) is 10.5 Å². The molecule has 8 nitrogen and oxygen atoms in total. The molecule has 2 atom stereocenters. The van der Waals surface area contributed by atoms with Crippen LogP contribution in [0.5, 0.6) is 5.88 Å². The molecular weight excluding hydrogens is 354 g/mol. The van der Waals surface area contributed by atoms with Crippen LogP contribution in [0.25, 0.3) is 11.3 Å². The molecule has 0 spiro atoms. The van der Waals surface area contributed by atoms with Crippen LogP contribution in [-0.2, 0) is 0 Å². The molecule has 3 heterocycles. The van der Waals surface area contributed by atoms with Crippen molar-refractivity contribution in [1.82, 2.24) is 25.1 Å². The standard InChI is InChI=1S/C20H23N7O/c1-13-11-23-20(26-25-13)27(16-8-7-15(21)10-16)18-9-6-14(12-22-18)17-4-3-5-19(24-17)28-2/h3-6,9,11-12,15-16H,7-8,10,21H2,1-2H3/t15-,16-/m0/s1. The van der Waals surface area contributed by atoms with E-state index in [1.165, 1.54) is 0 Å². The summed E-state index contributed by atoms with van der Waals surface area (Å²) in [5.41, 5.74) is 8.64. The van der Waals surface area contributed by atoms with Gasteiger partial charge in [-0.05, 0) is 44.4 Å². The summed E-state index contributed by atoms with van der Waals surface area (Å²) in [7, 11) is 1.60. The second-order valence-corrected chi connectivity index (χ2v) is 6.97. The molecule has 28 heavy (non-hydrogen) atoms. The number of aromatic nitrogens is 5. The van der Waals surface area contributed by atoms with Gasteiger partial charge in [-0.1, -0.05) is 6.07 Å². The normalized spacial score (nSPS) is 18.8. The lowest BCUT2D eigenvalue weighted by Gasteiger charge is -2.27. The quantitative estimate of drug-likeness (QED) is 0.724. The van der Waals surface area contributed by atoms with Gasteiger partial charge in [-0.3, -0.25) is 4.90 Å². The van der Waals surface area contributed by atoms with Crippen molar-refractivity contribution < 1.29 is 4.74 Å². The Hall–Kier alpha value is -3.13. The molecule has 1 aliphatic carbocycles. The molecule has 1 aliphatic rings. The number of pyridine rings is 2. The minimum absolute atomic E-state index is 0.186. The third-order valence-corrected chi connectivity index (χ3v) is 4.91. The molecule has 4 rings (SSSR count). The third-order valence-electron chi connectivity index (χ3n) is 4.91. The Labute approximate surface area is 163 Å². The summed E-state index contributed by atoms with van der Waals surface area (Å²) in [5.74, 6) is 1.89. The van der Waals surface area contributed by atoms with Gasteiger partial charge in [0.1, 0.15) is 5.82 Å². The highest BCUT2D eigenvalue weighted by molar-refractivity contribution is 5.62. The third kappa shape index (κ3) is 3.77. The number of hydrogen-bond acceptors (Lipinski definition) is 8. The number of aryl methyl sites for hydroxylation is 1. The van der Waals surface area contributed by atoms with Gasteiger partial charge in [0.05, 0.1) is 24.7 Å². The topological polar surface area (TPSA) is 103 Å². The zero-order chi connectivity index (χ0) is 19.5. The van der Waals surface area contributed by atoms with E-state index in [2.05, 4.69) is 25.1 Å². The van der Waals surface area contributed by atoms with E-state index >= 15 is 0 Å². The summed E-state index contributed by atoms with van der Waals surface area (Å²) in [4.78, 5) is 15.7.